The van der Waals surface area contributed by atoms with Crippen LogP contribution in [0, 0.1) is 0 Å². The third-order valence-electron chi connectivity index (χ3n) is 6.31. The summed E-state index contributed by atoms with van der Waals surface area (Å²) in [5, 5.41) is 2.57. The van der Waals surface area contributed by atoms with Crippen LogP contribution in [0.25, 0.3) is 0 Å². The molecule has 3 N–H and O–H groups in total. The van der Waals surface area contributed by atoms with Crippen molar-refractivity contribution < 1.29 is 49.0 Å². The average molecular weight is 674 g/mol. The number of rotatable bonds is 10. The van der Waals surface area contributed by atoms with E-state index in [1.807, 2.05) is 0 Å². The van der Waals surface area contributed by atoms with Crippen LogP contribution in [0.4, 0.5) is 43.8 Å². The van der Waals surface area contributed by atoms with Gasteiger partial charge in [-0.3, -0.25) is 4.79 Å². The number of hydrogen-bond donors (Lipinski definition) is 2. The van der Waals surface area contributed by atoms with Crippen molar-refractivity contribution in [3.8, 4) is 11.5 Å². The highest BCUT2D eigenvalue weighted by Gasteiger charge is 2.41. The number of nitrogens with one attached hydrogen (secondary N) is 1. The zero-order valence-corrected chi connectivity index (χ0v) is 24.3. The third kappa shape index (κ3) is 8.84. The van der Waals surface area contributed by atoms with Crippen LogP contribution in [0.3, 0.4) is 0 Å². The molecule has 0 spiro atoms. The predicted octanol–water partition coefficient (Wildman–Crippen LogP) is 3.94. The lowest BCUT2D eigenvalue weighted by Gasteiger charge is -2.40. The maximum Gasteiger partial charge on any atom is 0.573 e. The van der Waals surface area contributed by atoms with E-state index in [0.29, 0.717) is 5.56 Å². The summed E-state index contributed by atoms with van der Waals surface area (Å²) < 4.78 is 111. The molecule has 4 rings (SSSR count). The van der Waals surface area contributed by atoms with Crippen molar-refractivity contribution in [1.82, 2.24) is 19.6 Å². The molecule has 1 aromatic heterocycles. The van der Waals surface area contributed by atoms with E-state index in [1.54, 1.807) is 4.90 Å². The number of halogens is 6. The summed E-state index contributed by atoms with van der Waals surface area (Å²) in [6.07, 6.45) is -5.80. The molecule has 0 bridgehead atoms. The number of aromatic nitrogens is 2. The van der Waals surface area contributed by atoms with Crippen LogP contribution in [-0.4, -0.2) is 73.2 Å². The van der Waals surface area contributed by atoms with Crippen LogP contribution in [0.1, 0.15) is 5.56 Å². The first-order valence-corrected chi connectivity index (χ1v) is 14.5. The summed E-state index contributed by atoms with van der Waals surface area (Å²) >= 11 is 0. The van der Waals surface area contributed by atoms with Crippen LogP contribution < -0.4 is 25.4 Å². The van der Waals surface area contributed by atoms with Crippen LogP contribution in [0.2, 0.25) is 0 Å². The van der Waals surface area contributed by atoms with Crippen molar-refractivity contribution in [3.05, 3.63) is 72.9 Å². The number of ether oxygens (including phenoxy) is 2. The monoisotopic (exact) mass is 673 g/mol. The van der Waals surface area contributed by atoms with Gasteiger partial charge < -0.3 is 25.4 Å². The number of amides is 1. The zero-order valence-electron chi connectivity index (χ0n) is 23.5. The van der Waals surface area contributed by atoms with Crippen LogP contribution in [0.5, 0.6) is 11.5 Å². The van der Waals surface area contributed by atoms with E-state index >= 15 is 0 Å². The van der Waals surface area contributed by atoms with Gasteiger partial charge >= 0.3 is 12.7 Å². The fraction of sp³-hybridized carbons (Fsp3) is 0.259. The minimum atomic E-state index is -4.99. The largest absolute Gasteiger partial charge is 0.573 e. The molecule has 1 aliphatic rings. The standard InChI is InChI=1S/C27H25F6N7O5S/c1-2-11-35-24-23(34)38-22(15-36-24)39-12-13-40(46(42,43)20-9-7-19(8-10-20)45-27(31,32)33)21(16-39)25(41)37-14-17-3-5-18(6-4-17)44-26(28,29)30/h2-11,15,21H,1,12-14,16H2,(H2,34,38)(H,37,41)/t21-/m1/s1. The van der Waals surface area contributed by atoms with Gasteiger partial charge in [0.15, 0.2) is 11.6 Å². The van der Waals surface area contributed by atoms with Gasteiger partial charge in [-0.15, -0.1) is 26.3 Å². The van der Waals surface area contributed by atoms with E-state index in [-0.39, 0.29) is 43.6 Å². The SMILES string of the molecule is C=CC=Nc1ncc(N2CCN(S(=O)(=O)c3ccc(OC(F)(F)F)cc3)[C@@H](C(=O)NCc3ccc(OC(F)(F)F)cc3)C2)nc1N. The number of alkyl halides is 6. The number of piperazine rings is 1. The number of nitrogens with zero attached hydrogens (tertiary/aromatic N) is 5. The van der Waals surface area contributed by atoms with Gasteiger partial charge in [0, 0.05) is 32.4 Å². The highest BCUT2D eigenvalue weighted by atomic mass is 32.2. The Bertz CT molecular complexity index is 1680. The van der Waals surface area contributed by atoms with Crippen LogP contribution in [0.15, 0.2) is 77.3 Å². The second kappa shape index (κ2) is 13.6. The first-order valence-electron chi connectivity index (χ1n) is 13.1. The highest BCUT2D eigenvalue weighted by Crippen LogP contribution is 2.29. The van der Waals surface area contributed by atoms with E-state index in [1.165, 1.54) is 30.6 Å². The summed E-state index contributed by atoms with van der Waals surface area (Å²) in [5.74, 6) is -1.65. The molecule has 12 nitrogen and oxygen atoms in total. The van der Waals surface area contributed by atoms with Crippen molar-refractivity contribution in [2.45, 2.75) is 30.2 Å². The molecular formula is C27H25F6N7O5S. The number of nitrogen functional groups attached to an aromatic ring is 1. The number of carbonyl (C=O) groups is 1. The number of nitrogens with two attached hydrogens (primary N) is 1. The second-order valence-corrected chi connectivity index (χ2v) is 11.3. The lowest BCUT2D eigenvalue weighted by atomic mass is 10.1. The Hall–Kier alpha value is -4.91. The minimum absolute atomic E-state index is 0.0162. The summed E-state index contributed by atoms with van der Waals surface area (Å²) in [6.45, 7) is 2.82. The summed E-state index contributed by atoms with van der Waals surface area (Å²) in [4.78, 5) is 27.0. The van der Waals surface area contributed by atoms with Gasteiger partial charge in [0.2, 0.25) is 15.9 Å². The Morgan fingerprint density at radius 1 is 1.02 bits per heavy atom. The molecular weight excluding hydrogens is 648 g/mol. The Morgan fingerprint density at radius 3 is 2.15 bits per heavy atom. The maximum atomic E-state index is 13.7. The molecule has 1 aliphatic heterocycles. The number of sulfonamides is 1. The van der Waals surface area contributed by atoms with E-state index in [2.05, 4.69) is 36.3 Å². The van der Waals surface area contributed by atoms with E-state index in [0.717, 1.165) is 40.7 Å². The van der Waals surface area contributed by atoms with Gasteiger partial charge in [-0.2, -0.15) is 4.31 Å². The molecule has 1 saturated heterocycles. The smallest absolute Gasteiger partial charge is 0.406 e. The first kappa shape index (κ1) is 34.0. The van der Waals surface area contributed by atoms with Gasteiger partial charge in [0.05, 0.1) is 11.1 Å². The average Bonchev–Trinajstić information content (AvgIpc) is 2.98. The second-order valence-electron chi connectivity index (χ2n) is 9.46. The van der Waals surface area contributed by atoms with E-state index < -0.39 is 51.1 Å². The molecule has 0 unspecified atom stereocenters. The van der Waals surface area contributed by atoms with Gasteiger partial charge in [0.25, 0.3) is 0 Å². The van der Waals surface area contributed by atoms with Crippen LogP contribution in [-0.2, 0) is 21.4 Å². The fourth-order valence-corrected chi connectivity index (χ4v) is 5.87. The molecule has 0 saturated carbocycles. The lowest BCUT2D eigenvalue weighted by molar-refractivity contribution is -0.275. The number of benzene rings is 2. The Kier molecular flexibility index (Phi) is 10.1. The van der Waals surface area contributed by atoms with Crippen molar-refractivity contribution in [2.24, 2.45) is 4.99 Å². The minimum Gasteiger partial charge on any atom is -0.406 e. The summed E-state index contributed by atoms with van der Waals surface area (Å²) in [6, 6.07) is 6.73. The van der Waals surface area contributed by atoms with Crippen LogP contribution >= 0.6 is 0 Å². The summed E-state index contributed by atoms with van der Waals surface area (Å²) in [5.41, 5.74) is 6.33. The number of anilines is 2. The maximum absolute atomic E-state index is 13.7. The molecule has 1 amide bonds. The van der Waals surface area contributed by atoms with Gasteiger partial charge in [-0.1, -0.05) is 24.8 Å². The molecule has 1 fully saturated rings. The lowest BCUT2D eigenvalue weighted by Crippen LogP contribution is -2.60. The topological polar surface area (TPSA) is 152 Å². The van der Waals surface area contributed by atoms with Crippen molar-refractivity contribution >= 4 is 39.6 Å². The van der Waals surface area contributed by atoms with Crippen molar-refractivity contribution in [3.63, 3.8) is 0 Å². The number of hydrogen-bond acceptors (Lipinski definition) is 10. The van der Waals surface area contributed by atoms with E-state index in [9.17, 15) is 39.6 Å². The third-order valence-corrected chi connectivity index (χ3v) is 8.24. The predicted molar refractivity (Wildman–Crippen MR) is 153 cm³/mol. The van der Waals surface area contributed by atoms with E-state index in [4.69, 9.17) is 5.73 Å². The Morgan fingerprint density at radius 2 is 1.61 bits per heavy atom. The normalized spacial score (nSPS) is 16.3. The molecule has 246 valence electrons. The number of allylic oxidation sites excluding steroid dienone is 1. The first-order chi connectivity index (χ1) is 21.6. The zero-order chi connectivity index (χ0) is 33.7. The fourth-order valence-electron chi connectivity index (χ4n) is 4.30. The van der Waals surface area contributed by atoms with Gasteiger partial charge in [-0.25, -0.2) is 23.4 Å². The van der Waals surface area contributed by atoms with Crippen molar-refractivity contribution in [2.75, 3.05) is 30.3 Å². The van der Waals surface area contributed by atoms with Crippen molar-refractivity contribution in [1.29, 1.82) is 0 Å². The Labute approximate surface area is 258 Å². The number of aliphatic imine (C=N–C) groups is 1. The molecule has 0 radical (unpaired) electrons. The molecule has 3 aromatic rings. The summed E-state index contributed by atoms with van der Waals surface area (Å²) in [7, 11) is -4.46. The molecule has 2 aromatic carbocycles. The molecule has 19 heteroatoms. The number of carbonyl (C=O) groups excluding carboxylic acids is 1. The van der Waals surface area contributed by atoms with Gasteiger partial charge in [-0.05, 0) is 42.0 Å². The molecule has 2 heterocycles. The molecule has 1 atom stereocenters. The van der Waals surface area contributed by atoms with Gasteiger partial charge in [0.1, 0.15) is 23.4 Å². The highest BCUT2D eigenvalue weighted by molar-refractivity contribution is 7.89. The molecule has 0 aliphatic carbocycles. The molecule has 46 heavy (non-hydrogen) atoms. The quantitative estimate of drug-likeness (QED) is 0.241. The Balaban J connectivity index is 1.58.